The van der Waals surface area contributed by atoms with Crippen molar-refractivity contribution >= 4 is 11.9 Å². The van der Waals surface area contributed by atoms with E-state index in [1.165, 1.54) is 29.8 Å². The molecule has 2 aromatic carbocycles. The van der Waals surface area contributed by atoms with Crippen molar-refractivity contribution in [3.8, 4) is 0 Å². The summed E-state index contributed by atoms with van der Waals surface area (Å²) in [4.78, 5) is 28.7. The normalized spacial score (nSPS) is 16.0. The van der Waals surface area contributed by atoms with E-state index in [-0.39, 0.29) is 11.5 Å². The fourth-order valence-electron chi connectivity index (χ4n) is 3.09. The zero-order valence-corrected chi connectivity index (χ0v) is 15.3. The first kappa shape index (κ1) is 19.0. The molecule has 6 heteroatoms. The number of carbonyl (C=O) groups excluding carboxylic acids is 2. The molecule has 0 aromatic heterocycles. The van der Waals surface area contributed by atoms with Crippen LogP contribution in [-0.4, -0.2) is 54.0 Å². The summed E-state index contributed by atoms with van der Waals surface area (Å²) in [7, 11) is 0. The maximum Gasteiger partial charge on any atom is 0.338 e. The van der Waals surface area contributed by atoms with Gasteiger partial charge < -0.3 is 9.64 Å². The van der Waals surface area contributed by atoms with Crippen molar-refractivity contribution in [1.82, 2.24) is 9.80 Å². The van der Waals surface area contributed by atoms with Crippen LogP contribution >= 0.6 is 0 Å². The minimum absolute atomic E-state index is 0.204. The average Bonchev–Trinajstić information content (AvgIpc) is 2.69. The first-order valence-electron chi connectivity index (χ1n) is 9.04. The van der Waals surface area contributed by atoms with Crippen molar-refractivity contribution in [2.45, 2.75) is 19.6 Å². The largest absolute Gasteiger partial charge is 0.449 e. The number of ether oxygens (including phenoxy) is 1. The highest BCUT2D eigenvalue weighted by molar-refractivity contribution is 5.92. The van der Waals surface area contributed by atoms with Gasteiger partial charge in [-0.25, -0.2) is 9.18 Å². The van der Waals surface area contributed by atoms with Crippen LogP contribution in [0.5, 0.6) is 0 Å². The van der Waals surface area contributed by atoms with Gasteiger partial charge in [0.05, 0.1) is 5.56 Å². The molecule has 0 bridgehead atoms. The molecule has 1 amide bonds. The van der Waals surface area contributed by atoms with Crippen LogP contribution < -0.4 is 0 Å². The molecule has 1 aliphatic heterocycles. The quantitative estimate of drug-likeness (QED) is 0.760. The topological polar surface area (TPSA) is 49.9 Å². The fourth-order valence-corrected chi connectivity index (χ4v) is 3.09. The Hall–Kier alpha value is -2.73. The number of piperazine rings is 1. The van der Waals surface area contributed by atoms with Gasteiger partial charge in [-0.05, 0) is 36.8 Å². The maximum absolute atomic E-state index is 12.9. The van der Waals surface area contributed by atoms with Crippen LogP contribution in [0.2, 0.25) is 0 Å². The summed E-state index contributed by atoms with van der Waals surface area (Å²) in [5.74, 6) is -1.26. The molecule has 27 heavy (non-hydrogen) atoms. The second-order valence-electron chi connectivity index (χ2n) is 6.64. The SMILES string of the molecule is CC(OC(=O)c1ccc(F)cc1)C(=O)N1CCN(Cc2ccccc2)CC1. The Balaban J connectivity index is 1.48. The van der Waals surface area contributed by atoms with Crippen molar-refractivity contribution in [1.29, 1.82) is 0 Å². The van der Waals surface area contributed by atoms with Crippen LogP contribution in [0.3, 0.4) is 0 Å². The summed E-state index contributed by atoms with van der Waals surface area (Å²) in [5.41, 5.74) is 1.47. The summed E-state index contributed by atoms with van der Waals surface area (Å²) >= 11 is 0. The van der Waals surface area contributed by atoms with Gasteiger partial charge >= 0.3 is 5.97 Å². The van der Waals surface area contributed by atoms with Gasteiger partial charge in [0.25, 0.3) is 5.91 Å². The standard InChI is InChI=1S/C21H23FN2O3/c1-16(27-21(26)18-7-9-19(22)10-8-18)20(25)24-13-11-23(12-14-24)15-17-5-3-2-4-6-17/h2-10,16H,11-15H2,1H3. The molecule has 1 unspecified atom stereocenters. The van der Waals surface area contributed by atoms with Crippen molar-refractivity contribution in [2.75, 3.05) is 26.2 Å². The van der Waals surface area contributed by atoms with Crippen LogP contribution in [-0.2, 0) is 16.1 Å². The predicted octanol–water partition coefficient (Wildman–Crippen LogP) is 2.72. The van der Waals surface area contributed by atoms with Crippen LogP contribution in [0.1, 0.15) is 22.8 Å². The molecule has 5 nitrogen and oxygen atoms in total. The highest BCUT2D eigenvalue weighted by atomic mass is 19.1. The second kappa shape index (κ2) is 8.77. The summed E-state index contributed by atoms with van der Waals surface area (Å²) in [6, 6.07) is 15.3. The number of carbonyl (C=O) groups is 2. The second-order valence-corrected chi connectivity index (χ2v) is 6.64. The number of hydrogen-bond donors (Lipinski definition) is 0. The van der Waals surface area contributed by atoms with E-state index < -0.39 is 17.9 Å². The van der Waals surface area contributed by atoms with Gasteiger partial charge in [-0.3, -0.25) is 9.69 Å². The Morgan fingerprint density at radius 2 is 1.63 bits per heavy atom. The van der Waals surface area contributed by atoms with E-state index >= 15 is 0 Å². The first-order valence-corrected chi connectivity index (χ1v) is 9.04. The molecular formula is C21H23FN2O3. The molecule has 1 atom stereocenters. The molecule has 2 aromatic rings. The van der Waals surface area contributed by atoms with Crippen LogP contribution in [0.15, 0.2) is 54.6 Å². The summed E-state index contributed by atoms with van der Waals surface area (Å²) in [5, 5.41) is 0. The monoisotopic (exact) mass is 370 g/mol. The van der Waals surface area contributed by atoms with Crippen molar-refractivity contribution < 1.29 is 18.7 Å². The number of amides is 1. The Labute approximate surface area is 158 Å². The summed E-state index contributed by atoms with van der Waals surface area (Å²) < 4.78 is 18.2. The van der Waals surface area contributed by atoms with E-state index in [0.29, 0.717) is 13.1 Å². The lowest BCUT2D eigenvalue weighted by atomic mass is 10.2. The number of hydrogen-bond acceptors (Lipinski definition) is 4. The summed E-state index contributed by atoms with van der Waals surface area (Å²) in [6.45, 7) is 5.19. The third kappa shape index (κ3) is 5.14. The number of nitrogens with zero attached hydrogens (tertiary/aromatic N) is 2. The lowest BCUT2D eigenvalue weighted by Gasteiger charge is -2.35. The van der Waals surface area contributed by atoms with Crippen LogP contribution in [0, 0.1) is 5.82 Å². The minimum atomic E-state index is -0.872. The lowest BCUT2D eigenvalue weighted by Crippen LogP contribution is -2.51. The molecule has 0 saturated carbocycles. The first-order chi connectivity index (χ1) is 13.0. The molecule has 1 saturated heterocycles. The van der Waals surface area contributed by atoms with Crippen molar-refractivity contribution in [3.63, 3.8) is 0 Å². The van der Waals surface area contributed by atoms with Gasteiger partial charge in [-0.1, -0.05) is 30.3 Å². The molecule has 1 fully saturated rings. The van der Waals surface area contributed by atoms with Crippen LogP contribution in [0.4, 0.5) is 4.39 Å². The van der Waals surface area contributed by atoms with Gasteiger partial charge in [0.1, 0.15) is 5.82 Å². The van der Waals surface area contributed by atoms with E-state index in [4.69, 9.17) is 4.74 Å². The van der Waals surface area contributed by atoms with E-state index in [1.54, 1.807) is 11.8 Å². The minimum Gasteiger partial charge on any atom is -0.449 e. The maximum atomic E-state index is 12.9. The Morgan fingerprint density at radius 3 is 2.26 bits per heavy atom. The van der Waals surface area contributed by atoms with Crippen molar-refractivity contribution in [3.05, 3.63) is 71.5 Å². The van der Waals surface area contributed by atoms with Crippen LogP contribution in [0.25, 0.3) is 0 Å². The third-order valence-electron chi connectivity index (χ3n) is 4.64. The van der Waals surface area contributed by atoms with E-state index in [2.05, 4.69) is 17.0 Å². The number of benzene rings is 2. The third-order valence-corrected chi connectivity index (χ3v) is 4.64. The van der Waals surface area contributed by atoms with Crippen molar-refractivity contribution in [2.24, 2.45) is 0 Å². The Kier molecular flexibility index (Phi) is 6.19. The zero-order valence-electron chi connectivity index (χ0n) is 15.3. The number of halogens is 1. The van der Waals surface area contributed by atoms with E-state index in [0.717, 1.165) is 19.6 Å². The van der Waals surface area contributed by atoms with Gasteiger partial charge in [-0.15, -0.1) is 0 Å². The molecule has 0 spiro atoms. The number of esters is 1. The highest BCUT2D eigenvalue weighted by Crippen LogP contribution is 2.12. The van der Waals surface area contributed by atoms with Gasteiger partial charge in [0.2, 0.25) is 0 Å². The molecular weight excluding hydrogens is 347 g/mol. The molecule has 0 radical (unpaired) electrons. The average molecular weight is 370 g/mol. The van der Waals surface area contributed by atoms with E-state index in [1.807, 2.05) is 18.2 Å². The molecule has 1 heterocycles. The summed E-state index contributed by atoms with van der Waals surface area (Å²) in [6.07, 6.45) is -0.872. The number of rotatable bonds is 5. The molecule has 0 N–H and O–H groups in total. The lowest BCUT2D eigenvalue weighted by molar-refractivity contribution is -0.141. The fraction of sp³-hybridized carbons (Fsp3) is 0.333. The molecule has 1 aliphatic rings. The predicted molar refractivity (Wildman–Crippen MR) is 99.6 cm³/mol. The highest BCUT2D eigenvalue weighted by Gasteiger charge is 2.27. The van der Waals surface area contributed by atoms with Gasteiger partial charge in [0, 0.05) is 32.7 Å². The molecule has 3 rings (SSSR count). The Morgan fingerprint density at radius 1 is 1.00 bits per heavy atom. The Bertz CT molecular complexity index is 772. The zero-order chi connectivity index (χ0) is 19.2. The van der Waals surface area contributed by atoms with Gasteiger partial charge in [0.15, 0.2) is 6.10 Å². The van der Waals surface area contributed by atoms with E-state index in [9.17, 15) is 14.0 Å². The smallest absolute Gasteiger partial charge is 0.338 e. The van der Waals surface area contributed by atoms with Gasteiger partial charge in [-0.2, -0.15) is 0 Å². The molecule has 0 aliphatic carbocycles. The molecule has 142 valence electrons.